The second kappa shape index (κ2) is 9.67. The molecule has 210 valence electrons. The van der Waals surface area contributed by atoms with E-state index in [-0.39, 0.29) is 12.5 Å². The quantitative estimate of drug-likeness (QED) is 0.311. The third-order valence-electron chi connectivity index (χ3n) is 7.44. The van der Waals surface area contributed by atoms with Crippen LogP contribution in [0.25, 0.3) is 44.2 Å². The molecule has 3 aromatic carbocycles. The van der Waals surface area contributed by atoms with Gasteiger partial charge in [-0.15, -0.1) is 4.73 Å². The van der Waals surface area contributed by atoms with E-state index in [1.807, 2.05) is 54.9 Å². The average Bonchev–Trinajstić information content (AvgIpc) is 3.57. The van der Waals surface area contributed by atoms with Crippen LogP contribution in [0.4, 0.5) is 0 Å². The van der Waals surface area contributed by atoms with Gasteiger partial charge in [-0.25, -0.2) is 19.7 Å². The number of benzene rings is 3. The molecule has 0 spiro atoms. The second-order valence-corrected chi connectivity index (χ2v) is 10.3. The number of aryl methyl sites for hydroxylation is 2. The first kappa shape index (κ1) is 25.7. The van der Waals surface area contributed by atoms with Gasteiger partial charge in [0.2, 0.25) is 6.79 Å². The van der Waals surface area contributed by atoms with Crippen LogP contribution in [0.3, 0.4) is 0 Å². The molecule has 3 aromatic heterocycles. The fourth-order valence-corrected chi connectivity index (χ4v) is 5.33. The van der Waals surface area contributed by atoms with Crippen molar-refractivity contribution in [1.82, 2.24) is 24.2 Å². The fourth-order valence-electron chi connectivity index (χ4n) is 5.33. The molecule has 0 amide bonds. The number of ether oxygens (including phenoxy) is 2. The molecule has 0 aliphatic carbocycles. The van der Waals surface area contributed by atoms with Crippen LogP contribution in [-0.2, 0) is 17.9 Å². The van der Waals surface area contributed by atoms with E-state index in [2.05, 4.69) is 16.0 Å². The van der Waals surface area contributed by atoms with Crippen LogP contribution in [0.1, 0.15) is 29.4 Å². The van der Waals surface area contributed by atoms with Crippen LogP contribution in [0.15, 0.2) is 59.5 Å². The topological polar surface area (TPSA) is 136 Å². The summed E-state index contributed by atoms with van der Waals surface area (Å²) in [5.41, 5.74) is 12.3. The third-order valence-corrected chi connectivity index (χ3v) is 7.44. The van der Waals surface area contributed by atoms with E-state index in [9.17, 15) is 9.59 Å². The van der Waals surface area contributed by atoms with Crippen molar-refractivity contribution in [2.75, 3.05) is 6.79 Å². The summed E-state index contributed by atoms with van der Waals surface area (Å²) in [7, 11) is 0. The van der Waals surface area contributed by atoms with Crippen molar-refractivity contribution in [2.24, 2.45) is 5.73 Å². The minimum atomic E-state index is -0.646. The summed E-state index contributed by atoms with van der Waals surface area (Å²) in [4.78, 5) is 45.7. The highest BCUT2D eigenvalue weighted by atomic mass is 16.7. The van der Waals surface area contributed by atoms with Crippen LogP contribution in [0, 0.1) is 13.8 Å². The summed E-state index contributed by atoms with van der Waals surface area (Å²) in [6, 6.07) is 15.2. The Labute approximate surface area is 239 Å². The number of nitrogens with two attached hydrogens (primary N) is 1. The van der Waals surface area contributed by atoms with Gasteiger partial charge >= 0.3 is 11.5 Å². The number of fused-ring (bicyclic) bond motifs is 4. The highest BCUT2D eigenvalue weighted by Crippen LogP contribution is 2.40. The van der Waals surface area contributed by atoms with Crippen molar-refractivity contribution >= 4 is 38.9 Å². The number of hydrogen-bond donors (Lipinski definition) is 1. The molecule has 1 aliphatic heterocycles. The number of nitrogens with zero attached hydrogens (tertiary/aromatic N) is 5. The Morgan fingerprint density at radius 3 is 2.38 bits per heavy atom. The summed E-state index contributed by atoms with van der Waals surface area (Å²) in [6.07, 6.45) is 1.87. The van der Waals surface area contributed by atoms with Crippen LogP contribution in [0.5, 0.6) is 11.5 Å². The zero-order valence-electron chi connectivity index (χ0n) is 23.2. The maximum Gasteiger partial charge on any atom is 0.330 e. The van der Waals surface area contributed by atoms with Crippen LogP contribution in [0.2, 0.25) is 0 Å². The van der Waals surface area contributed by atoms with Crippen LogP contribution < -0.4 is 25.6 Å². The highest BCUT2D eigenvalue weighted by Gasteiger charge is 2.24. The summed E-state index contributed by atoms with van der Waals surface area (Å²) in [5.74, 6) is 0.538. The van der Waals surface area contributed by atoms with E-state index >= 15 is 0 Å². The molecule has 7 rings (SSSR count). The predicted octanol–water partition coefficient (Wildman–Crippen LogP) is 3.79. The van der Waals surface area contributed by atoms with Gasteiger partial charge in [0.15, 0.2) is 11.5 Å². The lowest BCUT2D eigenvalue weighted by Gasteiger charge is -2.12. The molecule has 0 unspecified atom stereocenters. The van der Waals surface area contributed by atoms with Crippen LogP contribution in [-0.4, -0.2) is 37.0 Å². The molecule has 11 nitrogen and oxygen atoms in total. The third kappa shape index (κ3) is 4.22. The van der Waals surface area contributed by atoms with Crippen molar-refractivity contribution in [3.05, 3.63) is 87.6 Å². The first-order valence-electron chi connectivity index (χ1n) is 13.4. The largest absolute Gasteiger partial charge is 0.454 e. The number of hydrogen-bond acceptors (Lipinski definition) is 9. The highest BCUT2D eigenvalue weighted by molar-refractivity contribution is 5.99. The van der Waals surface area contributed by atoms with E-state index in [1.165, 1.54) is 6.92 Å². The standard InChI is InChI=1S/C31H26N6O5/c1-16-17(2)34-24-10-27-25(9-23(24)33-16)35-30(31(39)37(27)42-18(3)38)22-14-36(13-20-6-4-5-19(7-20)12-32)26-11-29-28(8-21(22)26)40-15-41-29/h4-11,14H,12-13,15,32H2,1-3H3. The molecular formula is C31H26N6O5. The van der Waals surface area contributed by atoms with E-state index in [1.54, 1.807) is 12.1 Å². The number of carbonyl (C=O) groups excluding carboxylic acids is 1. The lowest BCUT2D eigenvalue weighted by Crippen LogP contribution is -2.31. The van der Waals surface area contributed by atoms with Gasteiger partial charge in [-0.1, -0.05) is 24.3 Å². The Kier molecular flexibility index (Phi) is 5.91. The Bertz CT molecular complexity index is 2150. The first-order valence-corrected chi connectivity index (χ1v) is 13.4. The smallest absolute Gasteiger partial charge is 0.330 e. The predicted molar refractivity (Wildman–Crippen MR) is 156 cm³/mol. The molecule has 1 aliphatic rings. The van der Waals surface area contributed by atoms with Gasteiger partial charge < -0.3 is 24.6 Å². The van der Waals surface area contributed by atoms with Crippen molar-refractivity contribution < 1.29 is 19.1 Å². The molecule has 0 bridgehead atoms. The molecule has 0 saturated heterocycles. The summed E-state index contributed by atoms with van der Waals surface area (Å²) in [5, 5.41) is 0.736. The Morgan fingerprint density at radius 1 is 0.929 bits per heavy atom. The van der Waals surface area contributed by atoms with E-state index in [0.717, 1.165) is 38.1 Å². The normalized spacial score (nSPS) is 12.5. The molecule has 0 radical (unpaired) electrons. The summed E-state index contributed by atoms with van der Waals surface area (Å²) < 4.78 is 14.3. The van der Waals surface area contributed by atoms with E-state index in [0.29, 0.717) is 52.2 Å². The van der Waals surface area contributed by atoms with Crippen molar-refractivity contribution in [1.29, 1.82) is 0 Å². The molecule has 0 saturated carbocycles. The fraction of sp³-hybridized carbons (Fsp3) is 0.194. The molecule has 11 heteroatoms. The average molecular weight is 563 g/mol. The second-order valence-electron chi connectivity index (χ2n) is 10.3. The molecule has 6 aromatic rings. The van der Waals surface area contributed by atoms with E-state index in [4.69, 9.17) is 25.0 Å². The lowest BCUT2D eigenvalue weighted by atomic mass is 10.1. The molecule has 4 heterocycles. The number of aromatic nitrogens is 5. The van der Waals surface area contributed by atoms with Gasteiger partial charge in [0.05, 0.1) is 33.5 Å². The summed E-state index contributed by atoms with van der Waals surface area (Å²) >= 11 is 0. The maximum absolute atomic E-state index is 14.0. The van der Waals surface area contributed by atoms with Crippen molar-refractivity contribution in [3.63, 3.8) is 0 Å². The number of carbonyl (C=O) groups is 1. The van der Waals surface area contributed by atoms with Gasteiger partial charge in [-0.3, -0.25) is 4.79 Å². The minimum Gasteiger partial charge on any atom is -0.454 e. The first-order chi connectivity index (χ1) is 20.3. The SMILES string of the molecule is CC(=O)On1c(=O)c(-c2cn(Cc3cccc(CN)c3)c3cc4c(cc23)OCO4)nc2cc3nc(C)c(C)nc3cc21. The van der Waals surface area contributed by atoms with Gasteiger partial charge in [0.25, 0.3) is 0 Å². The Morgan fingerprint density at radius 2 is 1.64 bits per heavy atom. The maximum atomic E-state index is 14.0. The van der Waals surface area contributed by atoms with Gasteiger partial charge in [0.1, 0.15) is 11.2 Å². The lowest BCUT2D eigenvalue weighted by molar-refractivity contribution is -0.141. The monoisotopic (exact) mass is 562 g/mol. The van der Waals surface area contributed by atoms with Gasteiger partial charge in [0, 0.05) is 43.2 Å². The van der Waals surface area contributed by atoms with Crippen molar-refractivity contribution in [2.45, 2.75) is 33.9 Å². The molecule has 42 heavy (non-hydrogen) atoms. The molecule has 0 atom stereocenters. The molecular weight excluding hydrogens is 536 g/mol. The van der Waals surface area contributed by atoms with Crippen LogP contribution >= 0.6 is 0 Å². The van der Waals surface area contributed by atoms with Gasteiger partial charge in [-0.05, 0) is 43.2 Å². The number of rotatable bonds is 5. The summed E-state index contributed by atoms with van der Waals surface area (Å²) in [6.45, 7) is 6.03. The Balaban J connectivity index is 1.50. The van der Waals surface area contributed by atoms with Gasteiger partial charge in [-0.2, -0.15) is 0 Å². The minimum absolute atomic E-state index is 0.107. The van der Waals surface area contributed by atoms with Crippen molar-refractivity contribution in [3.8, 4) is 22.8 Å². The molecule has 0 fully saturated rings. The Hall–Kier alpha value is -5.29. The van der Waals surface area contributed by atoms with E-state index < -0.39 is 11.5 Å². The zero-order valence-corrected chi connectivity index (χ0v) is 23.2. The zero-order chi connectivity index (χ0) is 29.1. The molecule has 2 N–H and O–H groups in total.